The predicted molar refractivity (Wildman–Crippen MR) is 78.8 cm³/mol. The number of H-pyrrole nitrogens is 1. The van der Waals surface area contributed by atoms with Gasteiger partial charge in [-0.05, 0) is 25.3 Å². The fraction of sp³-hybridized carbons (Fsp3) is 0.533. The van der Waals surface area contributed by atoms with Crippen molar-refractivity contribution < 1.29 is 19.4 Å². The highest BCUT2D eigenvalue weighted by Gasteiger charge is 2.43. The first-order valence-corrected chi connectivity index (χ1v) is 7.19. The second-order valence-electron chi connectivity index (χ2n) is 5.60. The van der Waals surface area contributed by atoms with Gasteiger partial charge in [0.1, 0.15) is 0 Å². The number of carboxylic acid groups (broad SMARTS) is 1. The zero-order chi connectivity index (χ0) is 16.2. The SMILES string of the molecule is COCCC1(C(=O)O)CCCN(C(=O)c2ccc(=O)[nH]c2)C1. The molecule has 1 unspecified atom stereocenters. The molecule has 0 radical (unpaired) electrons. The Balaban J connectivity index is 2.17. The molecule has 2 rings (SSSR count). The van der Waals surface area contributed by atoms with E-state index in [4.69, 9.17) is 4.74 Å². The van der Waals surface area contributed by atoms with Gasteiger partial charge in [0, 0.05) is 39.1 Å². The van der Waals surface area contributed by atoms with E-state index in [1.165, 1.54) is 25.4 Å². The van der Waals surface area contributed by atoms with Crippen LogP contribution in [0.5, 0.6) is 0 Å². The molecule has 0 aromatic carbocycles. The number of aliphatic carboxylic acids is 1. The average molecular weight is 308 g/mol. The van der Waals surface area contributed by atoms with Gasteiger partial charge in [-0.25, -0.2) is 0 Å². The molecule has 1 aromatic rings. The number of carbonyl (C=O) groups is 2. The lowest BCUT2D eigenvalue weighted by molar-refractivity contribution is -0.153. The minimum absolute atomic E-state index is 0.156. The van der Waals surface area contributed by atoms with Crippen molar-refractivity contribution >= 4 is 11.9 Å². The highest BCUT2D eigenvalue weighted by Crippen LogP contribution is 2.34. The van der Waals surface area contributed by atoms with Crippen LogP contribution in [0.15, 0.2) is 23.1 Å². The molecular formula is C15H20N2O5. The van der Waals surface area contributed by atoms with E-state index in [-0.39, 0.29) is 18.0 Å². The van der Waals surface area contributed by atoms with Gasteiger partial charge in [-0.2, -0.15) is 0 Å². The quantitative estimate of drug-likeness (QED) is 0.835. The molecule has 1 fully saturated rings. The van der Waals surface area contributed by atoms with E-state index >= 15 is 0 Å². The molecule has 2 heterocycles. The van der Waals surface area contributed by atoms with Crippen LogP contribution in [0.4, 0.5) is 0 Å². The number of piperidine rings is 1. The summed E-state index contributed by atoms with van der Waals surface area (Å²) >= 11 is 0. The summed E-state index contributed by atoms with van der Waals surface area (Å²) in [6.07, 6.45) is 2.89. The first-order valence-electron chi connectivity index (χ1n) is 7.19. The molecule has 120 valence electrons. The van der Waals surface area contributed by atoms with Crippen LogP contribution in [0.3, 0.4) is 0 Å². The van der Waals surface area contributed by atoms with Gasteiger partial charge in [0.25, 0.3) is 5.91 Å². The number of carbonyl (C=O) groups excluding carboxylic acids is 1. The maximum atomic E-state index is 12.5. The number of ether oxygens (including phenoxy) is 1. The molecule has 1 aliphatic rings. The minimum Gasteiger partial charge on any atom is -0.481 e. The van der Waals surface area contributed by atoms with Crippen LogP contribution in [0.1, 0.15) is 29.6 Å². The Morgan fingerprint density at radius 1 is 1.45 bits per heavy atom. The molecule has 22 heavy (non-hydrogen) atoms. The van der Waals surface area contributed by atoms with Crippen molar-refractivity contribution in [2.45, 2.75) is 19.3 Å². The van der Waals surface area contributed by atoms with Crippen LogP contribution < -0.4 is 5.56 Å². The van der Waals surface area contributed by atoms with Crippen molar-refractivity contribution in [2.24, 2.45) is 5.41 Å². The third-order valence-corrected chi connectivity index (χ3v) is 4.13. The molecular weight excluding hydrogens is 288 g/mol. The second-order valence-corrected chi connectivity index (χ2v) is 5.60. The lowest BCUT2D eigenvalue weighted by Crippen LogP contribution is -2.50. The second kappa shape index (κ2) is 6.74. The van der Waals surface area contributed by atoms with Crippen LogP contribution in [0, 0.1) is 5.41 Å². The van der Waals surface area contributed by atoms with E-state index in [0.29, 0.717) is 38.0 Å². The van der Waals surface area contributed by atoms with Crippen LogP contribution in [0.2, 0.25) is 0 Å². The summed E-state index contributed by atoms with van der Waals surface area (Å²) in [5, 5.41) is 9.58. The van der Waals surface area contributed by atoms with Gasteiger partial charge in [-0.15, -0.1) is 0 Å². The number of carboxylic acids is 1. The summed E-state index contributed by atoms with van der Waals surface area (Å²) in [6, 6.07) is 2.74. The van der Waals surface area contributed by atoms with Crippen molar-refractivity contribution in [1.29, 1.82) is 0 Å². The number of nitrogens with zero attached hydrogens (tertiary/aromatic N) is 1. The standard InChI is InChI=1S/C15H20N2O5/c1-22-8-6-15(14(20)21)5-2-7-17(10-15)13(19)11-3-4-12(18)16-9-11/h3-4,9H,2,5-8,10H2,1H3,(H,16,18)(H,20,21). The number of methoxy groups -OCH3 is 1. The lowest BCUT2D eigenvalue weighted by Gasteiger charge is -2.39. The van der Waals surface area contributed by atoms with Crippen molar-refractivity contribution in [2.75, 3.05) is 26.8 Å². The summed E-state index contributed by atoms with van der Waals surface area (Å²) in [4.78, 5) is 39.2. The van der Waals surface area contributed by atoms with Crippen LogP contribution >= 0.6 is 0 Å². The van der Waals surface area contributed by atoms with Gasteiger partial charge >= 0.3 is 5.97 Å². The van der Waals surface area contributed by atoms with Gasteiger partial charge in [0.05, 0.1) is 11.0 Å². The molecule has 7 nitrogen and oxygen atoms in total. The largest absolute Gasteiger partial charge is 0.481 e. The molecule has 0 bridgehead atoms. The topological polar surface area (TPSA) is 99.7 Å². The van der Waals surface area contributed by atoms with Gasteiger partial charge in [-0.3, -0.25) is 14.4 Å². The number of aromatic amines is 1. The molecule has 1 saturated heterocycles. The summed E-state index contributed by atoms with van der Waals surface area (Å²) in [5.74, 6) is -1.16. The third-order valence-electron chi connectivity index (χ3n) is 4.13. The first-order chi connectivity index (χ1) is 10.5. The van der Waals surface area contributed by atoms with E-state index in [2.05, 4.69) is 4.98 Å². The fourth-order valence-electron chi connectivity index (χ4n) is 2.81. The van der Waals surface area contributed by atoms with Crippen molar-refractivity contribution in [3.05, 3.63) is 34.2 Å². The number of rotatable bonds is 5. The predicted octanol–water partition coefficient (Wildman–Crippen LogP) is 0.718. The molecule has 0 spiro atoms. The molecule has 1 aliphatic heterocycles. The molecule has 1 atom stereocenters. The third kappa shape index (κ3) is 3.36. The van der Waals surface area contributed by atoms with E-state index in [9.17, 15) is 19.5 Å². The number of hydrogen-bond donors (Lipinski definition) is 2. The average Bonchev–Trinajstić information content (AvgIpc) is 2.53. The van der Waals surface area contributed by atoms with Gasteiger partial charge in [0.15, 0.2) is 0 Å². The molecule has 1 aromatic heterocycles. The highest BCUT2D eigenvalue weighted by atomic mass is 16.5. The molecule has 2 N–H and O–H groups in total. The van der Waals surface area contributed by atoms with Crippen LogP contribution in [0.25, 0.3) is 0 Å². The first kappa shape index (κ1) is 16.2. The van der Waals surface area contributed by atoms with Crippen molar-refractivity contribution in [1.82, 2.24) is 9.88 Å². The number of amides is 1. The monoisotopic (exact) mass is 308 g/mol. The van der Waals surface area contributed by atoms with Crippen molar-refractivity contribution in [3.8, 4) is 0 Å². The molecule has 1 amide bonds. The van der Waals surface area contributed by atoms with E-state index in [1.54, 1.807) is 4.90 Å². The van der Waals surface area contributed by atoms with Gasteiger partial charge < -0.3 is 19.7 Å². The summed E-state index contributed by atoms with van der Waals surface area (Å²) in [7, 11) is 1.53. The molecule has 0 saturated carbocycles. The summed E-state index contributed by atoms with van der Waals surface area (Å²) < 4.78 is 5.01. The maximum absolute atomic E-state index is 12.5. The highest BCUT2D eigenvalue weighted by molar-refractivity contribution is 5.94. The Labute approximate surface area is 127 Å². The number of nitrogens with one attached hydrogen (secondary N) is 1. The Hall–Kier alpha value is -2.15. The maximum Gasteiger partial charge on any atom is 0.311 e. The summed E-state index contributed by atoms with van der Waals surface area (Å²) in [6.45, 7) is 1.01. The number of aromatic nitrogens is 1. The van der Waals surface area contributed by atoms with Crippen LogP contribution in [-0.4, -0.2) is 53.7 Å². The van der Waals surface area contributed by atoms with E-state index in [1.807, 2.05) is 0 Å². The molecule has 7 heteroatoms. The van der Waals surface area contributed by atoms with Crippen LogP contribution in [-0.2, 0) is 9.53 Å². The van der Waals surface area contributed by atoms with E-state index in [0.717, 1.165) is 0 Å². The number of hydrogen-bond acceptors (Lipinski definition) is 4. The number of pyridine rings is 1. The normalized spacial score (nSPS) is 21.6. The molecule has 0 aliphatic carbocycles. The minimum atomic E-state index is -0.966. The zero-order valence-corrected chi connectivity index (χ0v) is 12.5. The lowest BCUT2D eigenvalue weighted by atomic mass is 9.77. The Bertz CT molecular complexity index is 592. The number of likely N-dealkylation sites (tertiary alicyclic amines) is 1. The van der Waals surface area contributed by atoms with Crippen molar-refractivity contribution in [3.63, 3.8) is 0 Å². The smallest absolute Gasteiger partial charge is 0.311 e. The Morgan fingerprint density at radius 3 is 2.82 bits per heavy atom. The van der Waals surface area contributed by atoms with Gasteiger partial charge in [0.2, 0.25) is 5.56 Å². The van der Waals surface area contributed by atoms with Gasteiger partial charge in [-0.1, -0.05) is 0 Å². The fourth-order valence-corrected chi connectivity index (χ4v) is 2.81. The Kier molecular flexibility index (Phi) is 4.97. The zero-order valence-electron chi connectivity index (χ0n) is 12.5. The summed E-state index contributed by atoms with van der Waals surface area (Å²) in [5.41, 5.74) is -0.894. The van der Waals surface area contributed by atoms with E-state index < -0.39 is 11.4 Å². The Morgan fingerprint density at radius 2 is 2.23 bits per heavy atom.